The van der Waals surface area contributed by atoms with E-state index in [2.05, 4.69) is 5.32 Å². The summed E-state index contributed by atoms with van der Waals surface area (Å²) in [4.78, 5) is 32.6. The van der Waals surface area contributed by atoms with Crippen molar-refractivity contribution in [3.8, 4) is 5.75 Å². The van der Waals surface area contributed by atoms with Gasteiger partial charge in [-0.1, -0.05) is 64.8 Å². The fraction of sp³-hybridized carbons (Fsp3) is 0.222. The quantitative estimate of drug-likeness (QED) is 0.309. The molecule has 0 bridgehead atoms. The smallest absolute Gasteiger partial charge is 0.242 e. The molecule has 10 heteroatoms. The molecule has 0 aliphatic carbocycles. The van der Waals surface area contributed by atoms with Gasteiger partial charge in [0.05, 0.1) is 17.8 Å². The van der Waals surface area contributed by atoms with Gasteiger partial charge >= 0.3 is 0 Å². The Hall–Kier alpha value is -2.71. The number of thioether (sulfide) groups is 1. The molecule has 0 saturated carbocycles. The van der Waals surface area contributed by atoms with Crippen LogP contribution < -0.4 is 10.1 Å². The molecular weight excluding hydrogens is 553 g/mol. The second-order valence-electron chi connectivity index (χ2n) is 8.35. The molecule has 1 aliphatic heterocycles. The van der Waals surface area contributed by atoms with E-state index < -0.39 is 5.25 Å². The molecule has 1 heterocycles. The second kappa shape index (κ2) is 12.2. The topological polar surface area (TPSA) is 71.0 Å². The van der Waals surface area contributed by atoms with Crippen LogP contribution in [0.15, 0.2) is 65.7 Å². The Labute approximate surface area is 234 Å². The number of methoxy groups -OCH3 is 1. The van der Waals surface area contributed by atoms with Crippen LogP contribution in [-0.2, 0) is 16.0 Å². The molecule has 1 N–H and O–H groups in total. The van der Waals surface area contributed by atoms with Gasteiger partial charge in [0, 0.05) is 28.7 Å². The van der Waals surface area contributed by atoms with E-state index >= 15 is 0 Å². The van der Waals surface area contributed by atoms with Crippen molar-refractivity contribution in [2.75, 3.05) is 19.0 Å². The lowest BCUT2D eigenvalue weighted by Crippen LogP contribution is -2.35. The average Bonchev–Trinajstić information content (AvgIpc) is 3.15. The highest BCUT2D eigenvalue weighted by Gasteiger charge is 2.39. The first-order valence-corrected chi connectivity index (χ1v) is 13.5. The third-order valence-corrected chi connectivity index (χ3v) is 7.95. The lowest BCUT2D eigenvalue weighted by Gasteiger charge is -2.17. The number of benzene rings is 3. The summed E-state index contributed by atoms with van der Waals surface area (Å²) < 4.78 is 5.15. The normalized spacial score (nSPS) is 16.4. The van der Waals surface area contributed by atoms with Gasteiger partial charge in [0.25, 0.3) is 0 Å². The number of halogens is 3. The van der Waals surface area contributed by atoms with E-state index in [4.69, 9.17) is 44.5 Å². The number of carbonyl (C=O) groups excluding carboxylic acids is 2. The van der Waals surface area contributed by atoms with Crippen LogP contribution in [0.3, 0.4) is 0 Å². The van der Waals surface area contributed by atoms with Crippen LogP contribution in [0.1, 0.15) is 17.5 Å². The van der Waals surface area contributed by atoms with E-state index in [1.54, 1.807) is 29.2 Å². The number of hydrogen-bond donors (Lipinski definition) is 1. The molecule has 37 heavy (non-hydrogen) atoms. The molecule has 1 saturated heterocycles. The van der Waals surface area contributed by atoms with Gasteiger partial charge in [-0.15, -0.1) is 0 Å². The minimum Gasteiger partial charge on any atom is -0.495 e. The van der Waals surface area contributed by atoms with E-state index in [9.17, 15) is 9.59 Å². The van der Waals surface area contributed by atoms with Crippen LogP contribution in [0.2, 0.25) is 15.1 Å². The largest absolute Gasteiger partial charge is 0.495 e. The minimum absolute atomic E-state index is 0.0157. The molecule has 3 aromatic rings. The molecule has 4 rings (SSSR count). The molecule has 1 unspecified atom stereocenters. The van der Waals surface area contributed by atoms with Gasteiger partial charge in [-0.2, -0.15) is 0 Å². The van der Waals surface area contributed by atoms with E-state index in [1.165, 1.54) is 18.9 Å². The summed E-state index contributed by atoms with van der Waals surface area (Å²) in [7, 11) is 1.52. The van der Waals surface area contributed by atoms with Crippen LogP contribution in [0.5, 0.6) is 5.75 Å². The van der Waals surface area contributed by atoms with Gasteiger partial charge in [0.1, 0.15) is 11.0 Å². The molecule has 0 aromatic heterocycles. The highest BCUT2D eigenvalue weighted by atomic mass is 35.5. The number of rotatable bonds is 8. The molecular formula is C27H24Cl3N3O3S. The zero-order valence-electron chi connectivity index (χ0n) is 20.1. The zero-order chi connectivity index (χ0) is 26.5. The van der Waals surface area contributed by atoms with Crippen LogP contribution in [0.4, 0.5) is 11.4 Å². The fourth-order valence-electron chi connectivity index (χ4n) is 3.77. The molecule has 1 atom stereocenters. The Balaban J connectivity index is 1.52. The number of amidine groups is 1. The standard InChI is InChI=1S/C27H24Cl3N3O3S/c1-16-20(29)4-3-5-22(16)32-27-33(13-12-17-6-8-18(28)9-7-17)26(35)24(37-27)15-25(34)31-19-10-11-23(36-2)21(30)14-19/h3-11,14,24H,12-13,15H2,1-2H3,(H,31,34). The van der Waals surface area contributed by atoms with Gasteiger partial charge in [-0.25, -0.2) is 4.99 Å². The summed E-state index contributed by atoms with van der Waals surface area (Å²) in [5.74, 6) is 0.0416. The highest BCUT2D eigenvalue weighted by Crippen LogP contribution is 2.34. The van der Waals surface area contributed by atoms with Gasteiger partial charge in [0.15, 0.2) is 5.17 Å². The number of aliphatic imine (C=N–C) groups is 1. The first kappa shape index (κ1) is 27.3. The van der Waals surface area contributed by atoms with E-state index in [0.717, 1.165) is 11.1 Å². The molecule has 6 nitrogen and oxygen atoms in total. The monoisotopic (exact) mass is 575 g/mol. The predicted octanol–water partition coefficient (Wildman–Crippen LogP) is 7.17. The molecule has 1 aliphatic rings. The molecule has 0 spiro atoms. The number of anilines is 1. The van der Waals surface area contributed by atoms with Gasteiger partial charge < -0.3 is 10.1 Å². The Kier molecular flexibility index (Phi) is 9.03. The zero-order valence-corrected chi connectivity index (χ0v) is 23.2. The first-order valence-electron chi connectivity index (χ1n) is 11.4. The lowest BCUT2D eigenvalue weighted by atomic mass is 10.1. The Bertz CT molecular complexity index is 1350. The van der Waals surface area contributed by atoms with Gasteiger partial charge in [-0.05, 0) is 66.9 Å². The maximum atomic E-state index is 13.4. The van der Waals surface area contributed by atoms with Crippen LogP contribution in [0.25, 0.3) is 0 Å². The minimum atomic E-state index is -0.614. The predicted molar refractivity (Wildman–Crippen MR) is 153 cm³/mol. The van der Waals surface area contributed by atoms with Crippen LogP contribution in [0, 0.1) is 6.92 Å². The van der Waals surface area contributed by atoms with Crippen molar-refractivity contribution >= 4 is 74.9 Å². The third-order valence-electron chi connectivity index (χ3n) is 5.82. The van der Waals surface area contributed by atoms with Crippen molar-refractivity contribution in [3.05, 3.63) is 86.9 Å². The van der Waals surface area contributed by atoms with Crippen molar-refractivity contribution in [1.82, 2.24) is 4.90 Å². The molecule has 3 aromatic carbocycles. The van der Waals surface area contributed by atoms with Gasteiger partial charge in [0.2, 0.25) is 11.8 Å². The van der Waals surface area contributed by atoms with E-state index in [-0.39, 0.29) is 18.2 Å². The van der Waals surface area contributed by atoms with Crippen molar-refractivity contribution in [1.29, 1.82) is 0 Å². The summed E-state index contributed by atoms with van der Waals surface area (Å²) >= 11 is 19.7. The maximum absolute atomic E-state index is 13.4. The number of hydrogen-bond acceptors (Lipinski definition) is 5. The number of nitrogens with one attached hydrogen (secondary N) is 1. The van der Waals surface area contributed by atoms with Crippen molar-refractivity contribution in [3.63, 3.8) is 0 Å². The first-order chi connectivity index (χ1) is 17.7. The Morgan fingerprint density at radius 3 is 2.54 bits per heavy atom. The summed E-state index contributed by atoms with van der Waals surface area (Å²) in [6.07, 6.45) is 0.596. The van der Waals surface area contributed by atoms with E-state index in [1.807, 2.05) is 43.3 Å². The molecule has 0 radical (unpaired) electrons. The lowest BCUT2D eigenvalue weighted by molar-refractivity contribution is -0.128. The number of amides is 2. The summed E-state index contributed by atoms with van der Waals surface area (Å²) in [5, 5.41) is 4.36. The van der Waals surface area contributed by atoms with Crippen molar-refractivity contribution in [2.45, 2.75) is 25.0 Å². The number of nitrogens with zero attached hydrogens (tertiary/aromatic N) is 2. The molecule has 192 valence electrons. The van der Waals surface area contributed by atoms with Crippen LogP contribution in [-0.4, -0.2) is 40.8 Å². The van der Waals surface area contributed by atoms with Crippen molar-refractivity contribution in [2.24, 2.45) is 4.99 Å². The van der Waals surface area contributed by atoms with E-state index in [0.29, 0.717) is 50.3 Å². The summed E-state index contributed by atoms with van der Waals surface area (Å²) in [6.45, 7) is 2.30. The third kappa shape index (κ3) is 6.79. The Morgan fingerprint density at radius 1 is 1.08 bits per heavy atom. The number of ether oxygens (including phenoxy) is 1. The number of carbonyl (C=O) groups is 2. The summed E-state index contributed by atoms with van der Waals surface area (Å²) in [6, 6.07) is 17.9. The molecule has 1 fully saturated rings. The average molecular weight is 577 g/mol. The van der Waals surface area contributed by atoms with Gasteiger partial charge in [-0.3, -0.25) is 14.5 Å². The highest BCUT2D eigenvalue weighted by molar-refractivity contribution is 8.15. The Morgan fingerprint density at radius 2 is 1.84 bits per heavy atom. The van der Waals surface area contributed by atoms with Crippen molar-refractivity contribution < 1.29 is 14.3 Å². The second-order valence-corrected chi connectivity index (χ2v) is 10.8. The maximum Gasteiger partial charge on any atom is 0.242 e. The SMILES string of the molecule is COc1ccc(NC(=O)CC2SC(=Nc3cccc(Cl)c3C)N(CCc3ccc(Cl)cc3)C2=O)cc1Cl. The van der Waals surface area contributed by atoms with Crippen LogP contribution >= 0.6 is 46.6 Å². The summed E-state index contributed by atoms with van der Waals surface area (Å²) in [5.41, 5.74) is 3.06. The molecule has 2 amide bonds. The fourth-order valence-corrected chi connectivity index (χ4v) is 5.50.